The van der Waals surface area contributed by atoms with Gasteiger partial charge in [0.2, 0.25) is 0 Å². The van der Waals surface area contributed by atoms with Gasteiger partial charge in [-0.25, -0.2) is 0 Å². The van der Waals surface area contributed by atoms with Crippen LogP contribution in [-0.4, -0.2) is 33.4 Å². The molecule has 0 saturated heterocycles. The quantitative estimate of drug-likeness (QED) is 0.793. The number of carbonyl (C=O) groups excluding carboxylic acids is 1. The molecule has 5 nitrogen and oxygen atoms in total. The largest absolute Gasteiger partial charge is 0.496 e. The maximum absolute atomic E-state index is 11.7. The first-order valence-corrected chi connectivity index (χ1v) is 6.68. The van der Waals surface area contributed by atoms with Crippen molar-refractivity contribution in [2.75, 3.05) is 21.3 Å². The lowest BCUT2D eigenvalue weighted by atomic mass is 9.95. The number of fused-ring (bicyclic) bond motifs is 3. The van der Waals surface area contributed by atoms with E-state index in [0.717, 1.165) is 23.5 Å². The Hall–Kier alpha value is -1.91. The smallest absolute Gasteiger partial charge is 0.308 e. The third-order valence-corrected chi connectivity index (χ3v) is 4.22. The molecular weight excluding hydrogens is 260 g/mol. The second kappa shape index (κ2) is 4.89. The molecule has 1 aliphatic carbocycles. The third-order valence-electron chi connectivity index (χ3n) is 4.22. The lowest BCUT2D eigenvalue weighted by molar-refractivity contribution is -0.145. The molecule has 0 radical (unpaired) electrons. The molecule has 0 amide bonds. The van der Waals surface area contributed by atoms with Gasteiger partial charge in [-0.2, -0.15) is 0 Å². The van der Waals surface area contributed by atoms with Crippen LogP contribution in [0.25, 0.3) is 0 Å². The Morgan fingerprint density at radius 2 is 2.00 bits per heavy atom. The molecule has 0 bridgehead atoms. The van der Waals surface area contributed by atoms with Crippen LogP contribution in [-0.2, 0) is 9.53 Å². The van der Waals surface area contributed by atoms with Gasteiger partial charge in [0.15, 0.2) is 0 Å². The molecule has 0 spiro atoms. The van der Waals surface area contributed by atoms with Crippen LogP contribution in [0.1, 0.15) is 24.3 Å². The summed E-state index contributed by atoms with van der Waals surface area (Å²) in [7, 11) is 4.68. The maximum Gasteiger partial charge on any atom is 0.308 e. The van der Waals surface area contributed by atoms with Crippen molar-refractivity contribution in [2.24, 2.45) is 5.92 Å². The summed E-state index contributed by atoms with van der Waals surface area (Å²) in [5.41, 5.74) is 1.05. The first-order valence-electron chi connectivity index (χ1n) is 6.68. The summed E-state index contributed by atoms with van der Waals surface area (Å²) < 4.78 is 21.5. The Kier molecular flexibility index (Phi) is 3.20. The lowest BCUT2D eigenvalue weighted by Crippen LogP contribution is -2.16. The van der Waals surface area contributed by atoms with Crippen molar-refractivity contribution in [1.82, 2.24) is 0 Å². The van der Waals surface area contributed by atoms with E-state index in [9.17, 15) is 4.79 Å². The van der Waals surface area contributed by atoms with Gasteiger partial charge in [0, 0.05) is 23.6 Å². The van der Waals surface area contributed by atoms with E-state index in [0.29, 0.717) is 12.2 Å². The van der Waals surface area contributed by atoms with E-state index >= 15 is 0 Å². The van der Waals surface area contributed by atoms with Crippen LogP contribution in [0.3, 0.4) is 0 Å². The van der Waals surface area contributed by atoms with E-state index < -0.39 is 0 Å². The average molecular weight is 278 g/mol. The Morgan fingerprint density at radius 3 is 2.65 bits per heavy atom. The molecular formula is C15H18O5. The van der Waals surface area contributed by atoms with Gasteiger partial charge < -0.3 is 18.9 Å². The Morgan fingerprint density at radius 1 is 1.20 bits per heavy atom. The molecule has 1 aromatic rings. The first-order chi connectivity index (χ1) is 9.67. The first kappa shape index (κ1) is 13.1. The molecule has 108 valence electrons. The fourth-order valence-electron chi connectivity index (χ4n) is 3.28. The van der Waals surface area contributed by atoms with Crippen molar-refractivity contribution in [1.29, 1.82) is 0 Å². The summed E-state index contributed by atoms with van der Waals surface area (Å²) in [6.45, 7) is 0. The molecule has 0 N–H and O–H groups in total. The summed E-state index contributed by atoms with van der Waals surface area (Å²) in [6, 6.07) is 3.74. The standard InChI is InChI=1S/C15H18O5/c1-17-9-6-12(18-2)14-10-4-8(15(16)19-3)5-11(10)20-13(14)7-9/h6-8,10-11H,4-5H2,1-3H3/t8-,10?,11?/m0/s1. The lowest BCUT2D eigenvalue weighted by Gasteiger charge is -2.13. The number of benzene rings is 1. The average Bonchev–Trinajstić information content (AvgIpc) is 3.02. The van der Waals surface area contributed by atoms with Gasteiger partial charge >= 0.3 is 5.97 Å². The SMILES string of the molecule is COC(=O)[C@@H]1CC2Oc3cc(OC)cc(OC)c3C2C1. The summed E-state index contributed by atoms with van der Waals surface area (Å²) >= 11 is 0. The predicted octanol–water partition coefficient (Wildman–Crippen LogP) is 2.13. The number of hydrogen-bond donors (Lipinski definition) is 0. The molecule has 0 aromatic heterocycles. The number of rotatable bonds is 3. The van der Waals surface area contributed by atoms with Crippen LogP contribution >= 0.6 is 0 Å². The number of hydrogen-bond acceptors (Lipinski definition) is 5. The van der Waals surface area contributed by atoms with Gasteiger partial charge in [0.1, 0.15) is 23.4 Å². The van der Waals surface area contributed by atoms with E-state index in [1.165, 1.54) is 7.11 Å². The highest BCUT2D eigenvalue weighted by atomic mass is 16.5. The van der Waals surface area contributed by atoms with E-state index in [4.69, 9.17) is 18.9 Å². The minimum absolute atomic E-state index is 0.0232. The Bertz CT molecular complexity index is 539. The summed E-state index contributed by atoms with van der Waals surface area (Å²) in [5.74, 6) is 2.23. The van der Waals surface area contributed by atoms with Crippen LogP contribution in [0.5, 0.6) is 17.2 Å². The number of esters is 1. The summed E-state index contributed by atoms with van der Waals surface area (Å²) in [6.07, 6.45) is 1.46. The van der Waals surface area contributed by atoms with Crippen LogP contribution in [0.2, 0.25) is 0 Å². The zero-order valence-electron chi connectivity index (χ0n) is 11.8. The maximum atomic E-state index is 11.7. The monoisotopic (exact) mass is 278 g/mol. The van der Waals surface area contributed by atoms with Crippen LogP contribution < -0.4 is 14.2 Å². The molecule has 20 heavy (non-hydrogen) atoms. The fourth-order valence-corrected chi connectivity index (χ4v) is 3.28. The second-order valence-electron chi connectivity index (χ2n) is 5.20. The minimum atomic E-state index is -0.156. The molecule has 2 unspecified atom stereocenters. The highest BCUT2D eigenvalue weighted by Gasteiger charge is 2.47. The molecule has 3 rings (SSSR count). The van der Waals surface area contributed by atoms with Gasteiger partial charge in [-0.15, -0.1) is 0 Å². The zero-order valence-corrected chi connectivity index (χ0v) is 11.8. The normalized spacial score (nSPS) is 26.4. The van der Waals surface area contributed by atoms with Crippen molar-refractivity contribution >= 4 is 5.97 Å². The van der Waals surface area contributed by atoms with E-state index in [2.05, 4.69) is 0 Å². The third kappa shape index (κ3) is 1.88. The Balaban J connectivity index is 1.93. The Labute approximate surface area is 117 Å². The van der Waals surface area contributed by atoms with Gasteiger partial charge in [-0.1, -0.05) is 0 Å². The molecule has 1 aliphatic heterocycles. The van der Waals surface area contributed by atoms with E-state index in [1.807, 2.05) is 12.1 Å². The molecule has 5 heteroatoms. The van der Waals surface area contributed by atoms with Gasteiger partial charge in [-0.3, -0.25) is 4.79 Å². The van der Waals surface area contributed by atoms with Gasteiger partial charge in [-0.05, 0) is 12.8 Å². The van der Waals surface area contributed by atoms with Crippen molar-refractivity contribution in [3.8, 4) is 17.2 Å². The number of carbonyl (C=O) groups is 1. The van der Waals surface area contributed by atoms with Crippen molar-refractivity contribution in [3.63, 3.8) is 0 Å². The molecule has 1 heterocycles. The van der Waals surface area contributed by atoms with Crippen molar-refractivity contribution in [3.05, 3.63) is 17.7 Å². The minimum Gasteiger partial charge on any atom is -0.496 e. The van der Waals surface area contributed by atoms with E-state index in [-0.39, 0.29) is 23.9 Å². The van der Waals surface area contributed by atoms with Crippen LogP contribution in [0.4, 0.5) is 0 Å². The fraction of sp³-hybridized carbons (Fsp3) is 0.533. The highest BCUT2D eigenvalue weighted by Crippen LogP contribution is 2.53. The van der Waals surface area contributed by atoms with E-state index in [1.54, 1.807) is 14.2 Å². The predicted molar refractivity (Wildman–Crippen MR) is 71.4 cm³/mol. The zero-order chi connectivity index (χ0) is 14.3. The molecule has 2 aliphatic rings. The summed E-state index contributed by atoms with van der Waals surface area (Å²) in [4.78, 5) is 11.7. The van der Waals surface area contributed by atoms with Crippen LogP contribution in [0.15, 0.2) is 12.1 Å². The second-order valence-corrected chi connectivity index (χ2v) is 5.20. The number of methoxy groups -OCH3 is 3. The topological polar surface area (TPSA) is 54.0 Å². The van der Waals surface area contributed by atoms with Gasteiger partial charge in [0.25, 0.3) is 0 Å². The van der Waals surface area contributed by atoms with Crippen molar-refractivity contribution < 1.29 is 23.7 Å². The van der Waals surface area contributed by atoms with Crippen LogP contribution in [0, 0.1) is 5.92 Å². The molecule has 1 saturated carbocycles. The molecule has 3 atom stereocenters. The summed E-state index contributed by atoms with van der Waals surface area (Å²) in [5, 5.41) is 0. The van der Waals surface area contributed by atoms with Crippen molar-refractivity contribution in [2.45, 2.75) is 24.9 Å². The molecule has 1 aromatic carbocycles. The number of ether oxygens (including phenoxy) is 4. The van der Waals surface area contributed by atoms with Gasteiger partial charge in [0.05, 0.1) is 27.2 Å². The highest BCUT2D eigenvalue weighted by molar-refractivity contribution is 5.73. The molecule has 1 fully saturated rings.